The molecule has 0 radical (unpaired) electrons. The van der Waals surface area contributed by atoms with Gasteiger partial charge in [0.1, 0.15) is 5.75 Å². The highest BCUT2D eigenvalue weighted by Gasteiger charge is 2.14. The van der Waals surface area contributed by atoms with Crippen LogP contribution >= 0.6 is 0 Å². The van der Waals surface area contributed by atoms with E-state index in [0.717, 1.165) is 0 Å². The van der Waals surface area contributed by atoms with Crippen molar-refractivity contribution in [3.8, 4) is 5.75 Å². The molecule has 29 heavy (non-hydrogen) atoms. The van der Waals surface area contributed by atoms with Crippen molar-refractivity contribution in [2.45, 2.75) is 0 Å². The standard InChI is InChI=1S/C21H17N3O5/c1-29-19-13-17(24(27)28)11-12-18(19)23-21(26)15-7-9-16(10-8-15)22-20(25)14-5-3-2-4-6-14/h2-13H,1H3,(H,22,25)(H,23,26). The number of carbonyl (C=O) groups excluding carboxylic acids is 2. The normalized spacial score (nSPS) is 10.1. The van der Waals surface area contributed by atoms with Crippen LogP contribution in [0.2, 0.25) is 0 Å². The molecule has 0 aromatic heterocycles. The summed E-state index contributed by atoms with van der Waals surface area (Å²) in [7, 11) is 1.36. The highest BCUT2D eigenvalue weighted by Crippen LogP contribution is 2.29. The summed E-state index contributed by atoms with van der Waals surface area (Å²) in [6.07, 6.45) is 0. The molecule has 0 unspecified atom stereocenters. The predicted octanol–water partition coefficient (Wildman–Crippen LogP) is 4.11. The van der Waals surface area contributed by atoms with Crippen molar-refractivity contribution in [1.29, 1.82) is 0 Å². The van der Waals surface area contributed by atoms with Crippen LogP contribution in [0.25, 0.3) is 0 Å². The Bertz CT molecular complexity index is 1050. The number of carbonyl (C=O) groups is 2. The van der Waals surface area contributed by atoms with Gasteiger partial charge in [0, 0.05) is 22.9 Å². The van der Waals surface area contributed by atoms with Crippen molar-refractivity contribution < 1.29 is 19.2 Å². The lowest BCUT2D eigenvalue weighted by molar-refractivity contribution is -0.384. The molecule has 0 saturated heterocycles. The Labute approximate surface area is 166 Å². The first-order chi connectivity index (χ1) is 14.0. The zero-order valence-electron chi connectivity index (χ0n) is 15.4. The van der Waals surface area contributed by atoms with E-state index in [-0.39, 0.29) is 17.3 Å². The molecule has 0 saturated carbocycles. The molecule has 2 amide bonds. The second kappa shape index (κ2) is 8.66. The predicted molar refractivity (Wildman–Crippen MR) is 108 cm³/mol. The molecule has 3 aromatic rings. The Hall–Kier alpha value is -4.20. The van der Waals surface area contributed by atoms with Gasteiger partial charge in [-0.3, -0.25) is 19.7 Å². The SMILES string of the molecule is COc1cc([N+](=O)[O-])ccc1NC(=O)c1ccc(NC(=O)c2ccccc2)cc1. The monoisotopic (exact) mass is 391 g/mol. The summed E-state index contributed by atoms with van der Waals surface area (Å²) in [6, 6.07) is 19.0. The second-order valence-electron chi connectivity index (χ2n) is 5.99. The van der Waals surface area contributed by atoms with E-state index in [0.29, 0.717) is 22.5 Å². The fraction of sp³-hybridized carbons (Fsp3) is 0.0476. The quantitative estimate of drug-likeness (QED) is 0.485. The molecule has 0 atom stereocenters. The van der Waals surface area contributed by atoms with Gasteiger partial charge in [-0.2, -0.15) is 0 Å². The first kappa shape index (κ1) is 19.6. The van der Waals surface area contributed by atoms with Gasteiger partial charge in [-0.05, 0) is 42.5 Å². The van der Waals surface area contributed by atoms with Crippen LogP contribution in [0.3, 0.4) is 0 Å². The van der Waals surface area contributed by atoms with E-state index in [4.69, 9.17) is 4.74 Å². The summed E-state index contributed by atoms with van der Waals surface area (Å²) in [5.74, 6) is -0.490. The Morgan fingerprint density at radius 2 is 1.48 bits per heavy atom. The van der Waals surface area contributed by atoms with Crippen molar-refractivity contribution >= 4 is 28.9 Å². The minimum absolute atomic E-state index is 0.140. The zero-order valence-corrected chi connectivity index (χ0v) is 15.4. The smallest absolute Gasteiger partial charge is 0.273 e. The molecule has 0 aliphatic rings. The number of nitro benzene ring substituents is 1. The van der Waals surface area contributed by atoms with E-state index in [9.17, 15) is 19.7 Å². The molecule has 0 heterocycles. The van der Waals surface area contributed by atoms with E-state index in [2.05, 4.69) is 10.6 Å². The molecule has 146 valence electrons. The molecule has 0 fully saturated rings. The number of anilines is 2. The summed E-state index contributed by atoms with van der Waals surface area (Å²) in [5, 5.41) is 16.3. The number of nitrogens with one attached hydrogen (secondary N) is 2. The number of non-ortho nitro benzene ring substituents is 1. The molecule has 8 heteroatoms. The van der Waals surface area contributed by atoms with Gasteiger partial charge in [0.2, 0.25) is 0 Å². The third-order valence-corrected chi connectivity index (χ3v) is 4.09. The van der Waals surface area contributed by atoms with Crippen molar-refractivity contribution in [3.05, 3.63) is 94.0 Å². The minimum Gasteiger partial charge on any atom is -0.494 e. The van der Waals surface area contributed by atoms with Crippen LogP contribution in [-0.4, -0.2) is 23.8 Å². The summed E-state index contributed by atoms with van der Waals surface area (Å²) in [4.78, 5) is 34.9. The zero-order chi connectivity index (χ0) is 20.8. The average molecular weight is 391 g/mol. The molecule has 3 aromatic carbocycles. The molecule has 0 bridgehead atoms. The maximum atomic E-state index is 12.5. The lowest BCUT2D eigenvalue weighted by atomic mass is 10.1. The number of nitrogens with zero attached hydrogens (tertiary/aromatic N) is 1. The third-order valence-electron chi connectivity index (χ3n) is 4.09. The molecule has 0 aliphatic carbocycles. The number of amides is 2. The Kier molecular flexibility index (Phi) is 5.84. The van der Waals surface area contributed by atoms with E-state index >= 15 is 0 Å². The van der Waals surface area contributed by atoms with Gasteiger partial charge in [0.05, 0.1) is 23.8 Å². The summed E-state index contributed by atoms with van der Waals surface area (Å²) < 4.78 is 5.11. The molecule has 8 nitrogen and oxygen atoms in total. The van der Waals surface area contributed by atoms with Crippen LogP contribution in [0, 0.1) is 10.1 Å². The van der Waals surface area contributed by atoms with Gasteiger partial charge in [0.15, 0.2) is 0 Å². The van der Waals surface area contributed by atoms with E-state index in [1.54, 1.807) is 48.5 Å². The number of nitro groups is 1. The number of ether oxygens (including phenoxy) is 1. The molecule has 2 N–H and O–H groups in total. The Morgan fingerprint density at radius 1 is 0.862 bits per heavy atom. The fourth-order valence-corrected chi connectivity index (χ4v) is 2.59. The Morgan fingerprint density at radius 3 is 2.10 bits per heavy atom. The van der Waals surface area contributed by atoms with Crippen LogP contribution in [0.1, 0.15) is 20.7 Å². The maximum absolute atomic E-state index is 12.5. The molecular formula is C21H17N3O5. The van der Waals surface area contributed by atoms with Crippen LogP contribution < -0.4 is 15.4 Å². The maximum Gasteiger partial charge on any atom is 0.273 e. The van der Waals surface area contributed by atoms with Gasteiger partial charge in [-0.25, -0.2) is 0 Å². The summed E-state index contributed by atoms with van der Waals surface area (Å²) in [6.45, 7) is 0. The first-order valence-corrected chi connectivity index (χ1v) is 8.58. The van der Waals surface area contributed by atoms with Crippen molar-refractivity contribution in [3.63, 3.8) is 0 Å². The van der Waals surface area contributed by atoms with Crippen molar-refractivity contribution in [2.75, 3.05) is 17.7 Å². The van der Waals surface area contributed by atoms with Gasteiger partial charge in [-0.15, -0.1) is 0 Å². The average Bonchev–Trinajstić information content (AvgIpc) is 2.75. The number of hydrogen-bond donors (Lipinski definition) is 2. The number of rotatable bonds is 6. The van der Waals surface area contributed by atoms with Gasteiger partial charge < -0.3 is 15.4 Å². The molecule has 0 aliphatic heterocycles. The molecule has 3 rings (SSSR count). The van der Waals surface area contributed by atoms with Gasteiger partial charge >= 0.3 is 0 Å². The summed E-state index contributed by atoms with van der Waals surface area (Å²) >= 11 is 0. The second-order valence-corrected chi connectivity index (χ2v) is 5.99. The van der Waals surface area contributed by atoms with Crippen LogP contribution in [0.4, 0.5) is 17.1 Å². The van der Waals surface area contributed by atoms with Gasteiger partial charge in [0.25, 0.3) is 17.5 Å². The lowest BCUT2D eigenvalue weighted by Crippen LogP contribution is -2.14. The van der Waals surface area contributed by atoms with E-state index in [1.165, 1.54) is 25.3 Å². The van der Waals surface area contributed by atoms with Crippen LogP contribution in [0.15, 0.2) is 72.8 Å². The summed E-state index contributed by atoms with van der Waals surface area (Å²) in [5.41, 5.74) is 1.59. The minimum atomic E-state index is -0.545. The van der Waals surface area contributed by atoms with E-state index in [1.807, 2.05) is 6.07 Å². The highest BCUT2D eigenvalue weighted by molar-refractivity contribution is 6.06. The largest absolute Gasteiger partial charge is 0.494 e. The highest BCUT2D eigenvalue weighted by atomic mass is 16.6. The fourth-order valence-electron chi connectivity index (χ4n) is 2.59. The third kappa shape index (κ3) is 4.75. The van der Waals surface area contributed by atoms with Crippen LogP contribution in [0.5, 0.6) is 5.75 Å². The van der Waals surface area contributed by atoms with Crippen LogP contribution in [-0.2, 0) is 0 Å². The molecule has 0 spiro atoms. The number of hydrogen-bond acceptors (Lipinski definition) is 5. The van der Waals surface area contributed by atoms with Gasteiger partial charge in [-0.1, -0.05) is 18.2 Å². The Balaban J connectivity index is 1.69. The molecular weight excluding hydrogens is 374 g/mol. The topological polar surface area (TPSA) is 111 Å². The first-order valence-electron chi connectivity index (χ1n) is 8.58. The number of benzene rings is 3. The lowest BCUT2D eigenvalue weighted by Gasteiger charge is -2.10. The van der Waals surface area contributed by atoms with E-state index < -0.39 is 10.8 Å². The van der Waals surface area contributed by atoms with Crippen molar-refractivity contribution in [1.82, 2.24) is 0 Å². The van der Waals surface area contributed by atoms with Crippen molar-refractivity contribution in [2.24, 2.45) is 0 Å². The number of methoxy groups -OCH3 is 1.